The number of hydrazine groups is 1. The van der Waals surface area contributed by atoms with Gasteiger partial charge in [-0.15, -0.1) is 0 Å². The second-order valence-electron chi connectivity index (χ2n) is 7.54. The van der Waals surface area contributed by atoms with Crippen molar-refractivity contribution < 1.29 is 9.53 Å². The number of hydrogen-bond acceptors (Lipinski definition) is 8. The zero-order chi connectivity index (χ0) is 21.2. The number of methoxy groups -OCH3 is 1. The molecule has 1 fully saturated rings. The lowest BCUT2D eigenvalue weighted by Crippen LogP contribution is -2.54. The Morgan fingerprint density at radius 3 is 2.77 bits per heavy atom. The lowest BCUT2D eigenvalue weighted by atomic mass is 10.00. The van der Waals surface area contributed by atoms with Crippen molar-refractivity contribution in [1.82, 2.24) is 20.8 Å². The molecule has 31 heavy (non-hydrogen) atoms. The fraction of sp³-hybridized carbons (Fsp3) is 0.273. The number of rotatable bonds is 5. The zero-order valence-electron chi connectivity index (χ0n) is 17.1. The van der Waals surface area contributed by atoms with Gasteiger partial charge in [0.05, 0.1) is 24.9 Å². The van der Waals surface area contributed by atoms with E-state index in [1.54, 1.807) is 7.11 Å². The van der Waals surface area contributed by atoms with E-state index in [0.717, 1.165) is 23.0 Å². The minimum Gasteiger partial charge on any atom is -0.497 e. The molecule has 0 saturated carbocycles. The number of amidine groups is 1. The van der Waals surface area contributed by atoms with Crippen LogP contribution < -0.4 is 20.9 Å². The summed E-state index contributed by atoms with van der Waals surface area (Å²) in [6.07, 6.45) is 5.01. The van der Waals surface area contributed by atoms with Crippen molar-refractivity contribution in [3.8, 4) is 5.75 Å². The summed E-state index contributed by atoms with van der Waals surface area (Å²) in [5.41, 5.74) is 8.84. The first-order valence-corrected chi connectivity index (χ1v) is 11.2. The second kappa shape index (κ2) is 8.52. The number of anilines is 1. The summed E-state index contributed by atoms with van der Waals surface area (Å²) in [5, 5.41) is 10.4. The van der Waals surface area contributed by atoms with E-state index < -0.39 is 0 Å². The molecular formula is C22H24N6O2S. The van der Waals surface area contributed by atoms with Gasteiger partial charge in [0.15, 0.2) is 5.17 Å². The molecule has 3 aliphatic heterocycles. The number of ether oxygens (including phenoxy) is 1. The van der Waals surface area contributed by atoms with Gasteiger partial charge >= 0.3 is 0 Å². The molecule has 0 spiro atoms. The van der Waals surface area contributed by atoms with Crippen molar-refractivity contribution in [2.24, 2.45) is 5.10 Å². The Bertz CT molecular complexity index is 997. The predicted molar refractivity (Wildman–Crippen MR) is 122 cm³/mol. The molecule has 9 heteroatoms. The Morgan fingerprint density at radius 2 is 2.00 bits per heavy atom. The Kier molecular flexibility index (Phi) is 5.44. The third-order valence-corrected chi connectivity index (χ3v) is 6.58. The quantitative estimate of drug-likeness (QED) is 0.665. The fourth-order valence-electron chi connectivity index (χ4n) is 4.05. The third-order valence-electron chi connectivity index (χ3n) is 5.61. The van der Waals surface area contributed by atoms with Gasteiger partial charge in [0.2, 0.25) is 5.91 Å². The molecule has 1 amide bonds. The van der Waals surface area contributed by atoms with Gasteiger partial charge in [-0.05, 0) is 36.2 Å². The van der Waals surface area contributed by atoms with E-state index in [9.17, 15) is 4.79 Å². The van der Waals surface area contributed by atoms with Gasteiger partial charge in [-0.3, -0.25) is 10.2 Å². The number of nitrogens with one attached hydrogen (secondary N) is 3. The summed E-state index contributed by atoms with van der Waals surface area (Å²) in [4.78, 5) is 14.4. The maximum Gasteiger partial charge on any atom is 0.234 e. The minimum absolute atomic E-state index is 0.0282. The highest BCUT2D eigenvalue weighted by Crippen LogP contribution is 2.35. The SMILES string of the molecule is COc1ccc(C2CC3C4NN=C(SCC(=O)Nc5ccccc5)N4C=CN3N2)cc1. The summed E-state index contributed by atoms with van der Waals surface area (Å²) in [6, 6.07) is 18.1. The van der Waals surface area contributed by atoms with Gasteiger partial charge in [0.25, 0.3) is 0 Å². The topological polar surface area (TPSA) is 81.2 Å². The lowest BCUT2D eigenvalue weighted by molar-refractivity contribution is -0.113. The van der Waals surface area contributed by atoms with Crippen molar-refractivity contribution in [2.45, 2.75) is 24.7 Å². The molecule has 0 aliphatic carbocycles. The average Bonchev–Trinajstić information content (AvgIpc) is 3.42. The number of para-hydroxylation sites is 1. The highest BCUT2D eigenvalue weighted by molar-refractivity contribution is 8.14. The maximum absolute atomic E-state index is 12.3. The van der Waals surface area contributed by atoms with E-state index in [1.165, 1.54) is 17.3 Å². The van der Waals surface area contributed by atoms with Gasteiger partial charge in [-0.25, -0.2) is 5.43 Å². The Hall–Kier alpha value is -3.17. The van der Waals surface area contributed by atoms with Crippen LogP contribution in [0.3, 0.4) is 0 Å². The van der Waals surface area contributed by atoms with Gasteiger partial charge in [-0.1, -0.05) is 42.1 Å². The molecular weight excluding hydrogens is 412 g/mol. The van der Waals surface area contributed by atoms with E-state index in [-0.39, 0.29) is 24.2 Å². The van der Waals surface area contributed by atoms with Crippen LogP contribution in [0.15, 0.2) is 72.1 Å². The van der Waals surface area contributed by atoms with Crippen molar-refractivity contribution in [3.05, 3.63) is 72.6 Å². The molecule has 5 rings (SSSR count). The molecule has 3 aliphatic rings. The molecule has 160 valence electrons. The van der Waals surface area contributed by atoms with Crippen LogP contribution in [0.4, 0.5) is 5.69 Å². The van der Waals surface area contributed by atoms with Gasteiger partial charge in [0, 0.05) is 18.1 Å². The maximum atomic E-state index is 12.3. The van der Waals surface area contributed by atoms with Crippen LogP contribution in [0.25, 0.3) is 0 Å². The van der Waals surface area contributed by atoms with E-state index >= 15 is 0 Å². The number of amides is 1. The third kappa shape index (κ3) is 4.06. The fourth-order valence-corrected chi connectivity index (χ4v) is 4.83. The van der Waals surface area contributed by atoms with Gasteiger partial charge < -0.3 is 20.0 Å². The molecule has 2 aromatic carbocycles. The number of thioether (sulfide) groups is 1. The Balaban J connectivity index is 1.18. The first kappa shape index (κ1) is 19.8. The number of fused-ring (bicyclic) bond motifs is 3. The molecule has 3 heterocycles. The van der Waals surface area contributed by atoms with Crippen molar-refractivity contribution in [3.63, 3.8) is 0 Å². The Labute approximate surface area is 185 Å². The molecule has 3 N–H and O–H groups in total. The van der Waals surface area contributed by atoms with Crippen molar-refractivity contribution in [1.29, 1.82) is 0 Å². The lowest BCUT2D eigenvalue weighted by Gasteiger charge is -2.36. The van der Waals surface area contributed by atoms with E-state index in [2.05, 4.69) is 43.3 Å². The summed E-state index contributed by atoms with van der Waals surface area (Å²) in [6.45, 7) is 0. The highest BCUT2D eigenvalue weighted by atomic mass is 32.2. The summed E-state index contributed by atoms with van der Waals surface area (Å²) in [5.74, 6) is 1.11. The van der Waals surface area contributed by atoms with Crippen LogP contribution in [0.2, 0.25) is 0 Å². The van der Waals surface area contributed by atoms with E-state index in [0.29, 0.717) is 5.75 Å². The zero-order valence-corrected chi connectivity index (χ0v) is 17.9. The van der Waals surface area contributed by atoms with Crippen LogP contribution >= 0.6 is 11.8 Å². The molecule has 3 unspecified atom stereocenters. The molecule has 0 aromatic heterocycles. The minimum atomic E-state index is -0.0490. The number of carbonyl (C=O) groups is 1. The van der Waals surface area contributed by atoms with Gasteiger partial charge in [0.1, 0.15) is 11.9 Å². The molecule has 0 bridgehead atoms. The monoisotopic (exact) mass is 436 g/mol. The smallest absolute Gasteiger partial charge is 0.234 e. The summed E-state index contributed by atoms with van der Waals surface area (Å²) >= 11 is 1.43. The molecule has 3 atom stereocenters. The van der Waals surface area contributed by atoms with Crippen LogP contribution in [-0.4, -0.2) is 46.1 Å². The van der Waals surface area contributed by atoms with Crippen LogP contribution in [0.1, 0.15) is 18.0 Å². The van der Waals surface area contributed by atoms with Crippen LogP contribution in [-0.2, 0) is 4.79 Å². The number of carbonyl (C=O) groups excluding carboxylic acids is 1. The molecule has 1 saturated heterocycles. The average molecular weight is 437 g/mol. The van der Waals surface area contributed by atoms with E-state index in [4.69, 9.17) is 4.74 Å². The molecule has 0 radical (unpaired) electrons. The van der Waals surface area contributed by atoms with Crippen molar-refractivity contribution >= 4 is 28.5 Å². The first-order valence-electron chi connectivity index (χ1n) is 10.2. The number of benzene rings is 2. The number of hydrogen-bond donors (Lipinski definition) is 3. The van der Waals surface area contributed by atoms with Gasteiger partial charge in [-0.2, -0.15) is 5.10 Å². The van der Waals surface area contributed by atoms with E-state index in [1.807, 2.05) is 54.9 Å². The van der Waals surface area contributed by atoms with Crippen molar-refractivity contribution in [2.75, 3.05) is 18.2 Å². The molecule has 2 aromatic rings. The number of hydrazone groups is 1. The first-order chi connectivity index (χ1) is 15.2. The second-order valence-corrected chi connectivity index (χ2v) is 8.48. The van der Waals surface area contributed by atoms with Crippen LogP contribution in [0.5, 0.6) is 5.75 Å². The standard InChI is InChI=1S/C22H24N6O2S/c1-30-17-9-7-15(8-10-17)18-13-19-21-24-25-22(27(21)11-12-28(19)26-18)31-14-20(29)23-16-5-3-2-4-6-16/h2-12,18-19,21,24,26H,13-14H2,1H3,(H,23,29). The molecule has 8 nitrogen and oxygen atoms in total. The summed E-state index contributed by atoms with van der Waals surface area (Å²) < 4.78 is 5.26. The van der Waals surface area contributed by atoms with Crippen LogP contribution in [0, 0.1) is 0 Å². The predicted octanol–water partition coefficient (Wildman–Crippen LogP) is 2.67. The number of nitrogens with zero attached hydrogens (tertiary/aromatic N) is 3. The summed E-state index contributed by atoms with van der Waals surface area (Å²) in [7, 11) is 1.68. The Morgan fingerprint density at radius 1 is 1.19 bits per heavy atom. The normalized spacial score (nSPS) is 23.6. The highest BCUT2D eigenvalue weighted by Gasteiger charge is 2.44. The largest absolute Gasteiger partial charge is 0.497 e.